The molecule has 1 heterocycles. The van der Waals surface area contributed by atoms with Crippen molar-refractivity contribution in [1.82, 2.24) is 10.0 Å². The van der Waals surface area contributed by atoms with Crippen molar-refractivity contribution in [2.24, 2.45) is 0 Å². The molecule has 6 heteroatoms. The Bertz CT molecular complexity index is 561. The van der Waals surface area contributed by atoms with Crippen LogP contribution in [0.25, 0.3) is 0 Å². The van der Waals surface area contributed by atoms with Crippen LogP contribution in [0.15, 0.2) is 10.5 Å². The van der Waals surface area contributed by atoms with Crippen LogP contribution in [0.1, 0.15) is 49.8 Å². The highest BCUT2D eigenvalue weighted by molar-refractivity contribution is 7.90. The van der Waals surface area contributed by atoms with Crippen LogP contribution in [-0.4, -0.2) is 26.3 Å². The van der Waals surface area contributed by atoms with Gasteiger partial charge in [0, 0.05) is 24.2 Å². The lowest BCUT2D eigenvalue weighted by Gasteiger charge is -2.18. The fourth-order valence-corrected chi connectivity index (χ4v) is 3.40. The number of aryl methyl sites for hydroxylation is 2. The molecule has 1 aromatic heterocycles. The van der Waals surface area contributed by atoms with Gasteiger partial charge in [-0.1, -0.05) is 0 Å². The van der Waals surface area contributed by atoms with Crippen LogP contribution in [0.2, 0.25) is 0 Å². The highest BCUT2D eigenvalue weighted by atomic mass is 32.2. The van der Waals surface area contributed by atoms with Gasteiger partial charge in [-0.05, 0) is 46.6 Å². The van der Waals surface area contributed by atoms with E-state index in [1.807, 2.05) is 26.8 Å². The second-order valence-electron chi connectivity index (χ2n) is 5.75. The maximum Gasteiger partial charge on any atom is 0.216 e. The third-order valence-corrected chi connectivity index (χ3v) is 5.60. The van der Waals surface area contributed by atoms with Gasteiger partial charge in [-0.3, -0.25) is 0 Å². The van der Waals surface area contributed by atoms with Crippen molar-refractivity contribution < 1.29 is 12.8 Å². The van der Waals surface area contributed by atoms with E-state index in [2.05, 4.69) is 10.0 Å². The Morgan fingerprint density at radius 2 is 2.00 bits per heavy atom. The number of furan rings is 1. The van der Waals surface area contributed by atoms with Gasteiger partial charge in [-0.2, -0.15) is 0 Å². The van der Waals surface area contributed by atoms with Crippen molar-refractivity contribution in [3.05, 3.63) is 23.2 Å². The first kappa shape index (κ1) is 15.5. The summed E-state index contributed by atoms with van der Waals surface area (Å²) in [7, 11) is -3.34. The summed E-state index contributed by atoms with van der Waals surface area (Å²) < 4.78 is 32.8. The minimum Gasteiger partial charge on any atom is -0.466 e. The average Bonchev–Trinajstić information content (AvgIpc) is 3.10. The predicted molar refractivity (Wildman–Crippen MR) is 79.1 cm³/mol. The SMILES string of the molecule is Cc1cc(C(C)NS(=O)(=O)C(C)CNC2CC2)c(C)o1. The molecule has 0 amide bonds. The lowest BCUT2D eigenvalue weighted by atomic mass is 10.1. The Hall–Kier alpha value is -0.850. The molecule has 0 spiro atoms. The van der Waals surface area contributed by atoms with E-state index in [1.165, 1.54) is 0 Å². The van der Waals surface area contributed by atoms with Crippen molar-refractivity contribution in [1.29, 1.82) is 0 Å². The smallest absolute Gasteiger partial charge is 0.216 e. The van der Waals surface area contributed by atoms with Gasteiger partial charge in [0.1, 0.15) is 11.5 Å². The molecule has 114 valence electrons. The Balaban J connectivity index is 1.97. The second-order valence-corrected chi connectivity index (χ2v) is 7.88. The van der Waals surface area contributed by atoms with Gasteiger partial charge in [0.2, 0.25) is 10.0 Å². The summed E-state index contributed by atoms with van der Waals surface area (Å²) in [6.07, 6.45) is 2.31. The zero-order chi connectivity index (χ0) is 14.9. The average molecular weight is 300 g/mol. The van der Waals surface area contributed by atoms with Crippen molar-refractivity contribution in [2.45, 2.75) is 57.9 Å². The number of sulfonamides is 1. The maximum atomic E-state index is 12.3. The summed E-state index contributed by atoms with van der Waals surface area (Å²) in [5.41, 5.74) is 0.897. The first-order chi connectivity index (χ1) is 9.29. The first-order valence-electron chi connectivity index (χ1n) is 7.11. The summed E-state index contributed by atoms with van der Waals surface area (Å²) in [5.74, 6) is 1.56. The molecule has 2 rings (SSSR count). The molecule has 0 aliphatic heterocycles. The highest BCUT2D eigenvalue weighted by Gasteiger charge is 2.27. The van der Waals surface area contributed by atoms with Crippen LogP contribution in [0.3, 0.4) is 0 Å². The zero-order valence-corrected chi connectivity index (χ0v) is 13.4. The van der Waals surface area contributed by atoms with Gasteiger partial charge >= 0.3 is 0 Å². The van der Waals surface area contributed by atoms with E-state index in [-0.39, 0.29) is 6.04 Å². The minimum absolute atomic E-state index is 0.277. The summed E-state index contributed by atoms with van der Waals surface area (Å²) in [5, 5.41) is 2.81. The zero-order valence-electron chi connectivity index (χ0n) is 12.6. The quantitative estimate of drug-likeness (QED) is 0.808. The molecule has 20 heavy (non-hydrogen) atoms. The molecule has 1 aromatic rings. The third kappa shape index (κ3) is 3.84. The molecule has 0 saturated heterocycles. The van der Waals surface area contributed by atoms with E-state index in [4.69, 9.17) is 4.42 Å². The minimum atomic E-state index is -3.34. The highest BCUT2D eigenvalue weighted by Crippen LogP contribution is 2.23. The molecule has 0 radical (unpaired) electrons. The molecule has 1 aliphatic carbocycles. The topological polar surface area (TPSA) is 71.3 Å². The summed E-state index contributed by atoms with van der Waals surface area (Å²) in [6, 6.07) is 2.12. The Morgan fingerprint density at radius 3 is 2.50 bits per heavy atom. The Morgan fingerprint density at radius 1 is 1.35 bits per heavy atom. The molecule has 2 unspecified atom stereocenters. The van der Waals surface area contributed by atoms with Crippen LogP contribution in [0.4, 0.5) is 0 Å². The normalized spacial score (nSPS) is 19.0. The lowest BCUT2D eigenvalue weighted by Crippen LogP contribution is -2.40. The maximum absolute atomic E-state index is 12.3. The number of hydrogen-bond donors (Lipinski definition) is 2. The van der Waals surface area contributed by atoms with Crippen molar-refractivity contribution in [3.63, 3.8) is 0 Å². The van der Waals surface area contributed by atoms with Crippen molar-refractivity contribution >= 4 is 10.0 Å². The van der Waals surface area contributed by atoms with Gasteiger partial charge in [0.25, 0.3) is 0 Å². The first-order valence-corrected chi connectivity index (χ1v) is 8.65. The van der Waals surface area contributed by atoms with Gasteiger partial charge in [0.15, 0.2) is 0 Å². The summed E-state index contributed by atoms with van der Waals surface area (Å²) in [6.45, 7) is 7.79. The number of hydrogen-bond acceptors (Lipinski definition) is 4. The fraction of sp³-hybridized carbons (Fsp3) is 0.714. The largest absolute Gasteiger partial charge is 0.466 e. The molecule has 1 saturated carbocycles. The van der Waals surface area contributed by atoms with Gasteiger partial charge < -0.3 is 9.73 Å². The van der Waals surface area contributed by atoms with Gasteiger partial charge in [-0.25, -0.2) is 13.1 Å². The van der Waals surface area contributed by atoms with E-state index in [0.29, 0.717) is 12.6 Å². The molecule has 5 nitrogen and oxygen atoms in total. The van der Waals surface area contributed by atoms with Crippen molar-refractivity contribution in [3.8, 4) is 0 Å². The third-order valence-electron chi connectivity index (χ3n) is 3.69. The summed E-state index contributed by atoms with van der Waals surface area (Å²) in [4.78, 5) is 0. The van der Waals surface area contributed by atoms with Crippen LogP contribution in [0.5, 0.6) is 0 Å². The van der Waals surface area contributed by atoms with Crippen LogP contribution >= 0.6 is 0 Å². The standard InChI is InChI=1S/C14H24N2O3S/c1-9-7-14(12(4)19-9)11(3)16-20(17,18)10(2)8-15-13-5-6-13/h7,10-11,13,15-16H,5-6,8H2,1-4H3. The van der Waals surface area contributed by atoms with Gasteiger partial charge in [0.05, 0.1) is 5.25 Å². The van der Waals surface area contributed by atoms with E-state index < -0.39 is 15.3 Å². The number of rotatable bonds is 7. The second kappa shape index (κ2) is 5.87. The number of nitrogens with one attached hydrogen (secondary N) is 2. The Kier molecular flexibility index (Phi) is 4.56. The molecule has 1 aliphatic rings. The molecular weight excluding hydrogens is 276 g/mol. The van der Waals surface area contributed by atoms with Crippen molar-refractivity contribution in [2.75, 3.05) is 6.54 Å². The molecule has 0 aromatic carbocycles. The van der Waals surface area contributed by atoms with E-state index in [1.54, 1.807) is 6.92 Å². The molecule has 2 atom stereocenters. The fourth-order valence-electron chi connectivity index (χ4n) is 2.24. The van der Waals surface area contributed by atoms with Gasteiger partial charge in [-0.15, -0.1) is 0 Å². The van der Waals surface area contributed by atoms with Crippen LogP contribution in [-0.2, 0) is 10.0 Å². The monoisotopic (exact) mass is 300 g/mol. The van der Waals surface area contributed by atoms with Crippen LogP contribution in [0, 0.1) is 13.8 Å². The molecular formula is C14H24N2O3S. The van der Waals surface area contributed by atoms with Crippen LogP contribution < -0.4 is 10.0 Å². The summed E-state index contributed by atoms with van der Waals surface area (Å²) >= 11 is 0. The Labute approximate surface area is 121 Å². The van der Waals surface area contributed by atoms with E-state index in [9.17, 15) is 8.42 Å². The molecule has 2 N–H and O–H groups in total. The van der Waals surface area contributed by atoms with E-state index >= 15 is 0 Å². The lowest BCUT2D eigenvalue weighted by molar-refractivity contribution is 0.495. The molecule has 0 bridgehead atoms. The molecule has 1 fully saturated rings. The predicted octanol–water partition coefficient (Wildman–Crippen LogP) is 2.02. The van der Waals surface area contributed by atoms with E-state index in [0.717, 1.165) is 29.9 Å².